The molecule has 0 aliphatic heterocycles. The van der Waals surface area contributed by atoms with Gasteiger partial charge in [0.15, 0.2) is 0 Å². The van der Waals surface area contributed by atoms with Crippen LogP contribution in [0.15, 0.2) is 0 Å². The number of hydrogen-bond acceptors (Lipinski definition) is 3. The van der Waals surface area contributed by atoms with Crippen LogP contribution in [0.1, 0.15) is 41.5 Å². The van der Waals surface area contributed by atoms with E-state index >= 15 is 0 Å². The highest BCUT2D eigenvalue weighted by Gasteiger charge is 2.22. The van der Waals surface area contributed by atoms with Gasteiger partial charge in [0.1, 0.15) is 6.61 Å². The van der Waals surface area contributed by atoms with E-state index in [2.05, 4.69) is 20.8 Å². The zero-order chi connectivity index (χ0) is 11.4. The lowest BCUT2D eigenvalue weighted by atomic mass is 9.97. The van der Waals surface area contributed by atoms with Crippen molar-refractivity contribution in [2.75, 3.05) is 12.4 Å². The Morgan fingerprint density at radius 1 is 1.14 bits per heavy atom. The van der Waals surface area contributed by atoms with Gasteiger partial charge in [-0.1, -0.05) is 20.8 Å². The van der Waals surface area contributed by atoms with Gasteiger partial charge in [-0.15, -0.1) is 0 Å². The summed E-state index contributed by atoms with van der Waals surface area (Å²) in [6.45, 7) is 12.6. The molecule has 0 bridgehead atoms. The van der Waals surface area contributed by atoms with Crippen molar-refractivity contribution in [3.05, 3.63) is 0 Å². The molecule has 0 heterocycles. The summed E-state index contributed by atoms with van der Waals surface area (Å²) in [5, 5.41) is 0. The lowest BCUT2D eigenvalue weighted by Crippen LogP contribution is -2.24. The minimum atomic E-state index is -0.383. The Labute approximate surface area is 91.8 Å². The maximum atomic E-state index is 11.4. The zero-order valence-electron chi connectivity index (χ0n) is 10.1. The molecule has 84 valence electrons. The number of thioether (sulfide) groups is 1. The van der Waals surface area contributed by atoms with Crippen LogP contribution in [-0.4, -0.2) is 23.1 Å². The molecule has 2 nitrogen and oxygen atoms in total. The van der Waals surface area contributed by atoms with Gasteiger partial charge in [0.25, 0.3) is 0 Å². The molecule has 0 rings (SSSR count). The smallest absolute Gasteiger partial charge is 0.311 e. The van der Waals surface area contributed by atoms with E-state index in [0.717, 1.165) is 5.75 Å². The van der Waals surface area contributed by atoms with Crippen LogP contribution in [-0.2, 0) is 9.53 Å². The summed E-state index contributed by atoms with van der Waals surface area (Å²) in [6, 6.07) is 0. The van der Waals surface area contributed by atoms with Crippen molar-refractivity contribution in [3.63, 3.8) is 0 Å². The summed E-state index contributed by atoms with van der Waals surface area (Å²) in [4.78, 5) is 11.4. The Morgan fingerprint density at radius 3 is 2.00 bits per heavy atom. The summed E-state index contributed by atoms with van der Waals surface area (Å²) in [5.74, 6) is 0.748. The molecule has 0 fully saturated rings. The normalized spacial score (nSPS) is 12.7. The molecule has 0 aliphatic rings. The Kier molecular flexibility index (Phi) is 4.99. The van der Waals surface area contributed by atoms with E-state index < -0.39 is 0 Å². The first kappa shape index (κ1) is 13.8. The van der Waals surface area contributed by atoms with Gasteiger partial charge in [-0.2, -0.15) is 11.8 Å². The molecule has 14 heavy (non-hydrogen) atoms. The quantitative estimate of drug-likeness (QED) is 0.538. The summed E-state index contributed by atoms with van der Waals surface area (Å²) in [7, 11) is 0. The monoisotopic (exact) mass is 218 g/mol. The van der Waals surface area contributed by atoms with Crippen LogP contribution in [0.25, 0.3) is 0 Å². The number of rotatable bonds is 3. The first-order chi connectivity index (χ1) is 6.13. The average molecular weight is 218 g/mol. The molecule has 0 unspecified atom stereocenters. The van der Waals surface area contributed by atoms with Gasteiger partial charge in [-0.05, 0) is 20.8 Å². The highest BCUT2D eigenvalue weighted by atomic mass is 32.2. The van der Waals surface area contributed by atoms with Gasteiger partial charge in [-0.3, -0.25) is 4.79 Å². The second-order valence-corrected chi connectivity index (χ2v) is 7.27. The van der Waals surface area contributed by atoms with Gasteiger partial charge < -0.3 is 4.74 Å². The molecule has 0 aromatic heterocycles. The summed E-state index contributed by atoms with van der Waals surface area (Å²) >= 11 is 1.81. The van der Waals surface area contributed by atoms with E-state index in [1.165, 1.54) is 0 Å². The van der Waals surface area contributed by atoms with Crippen molar-refractivity contribution in [3.8, 4) is 0 Å². The molecule has 0 saturated heterocycles. The highest BCUT2D eigenvalue weighted by Crippen LogP contribution is 2.23. The summed E-state index contributed by atoms with van der Waals surface area (Å²) in [6.07, 6.45) is 0. The summed E-state index contributed by atoms with van der Waals surface area (Å²) < 4.78 is 5.39. The van der Waals surface area contributed by atoms with Crippen molar-refractivity contribution >= 4 is 17.7 Å². The number of hydrogen-bond donors (Lipinski definition) is 0. The molecule has 0 aromatic carbocycles. The predicted molar refractivity (Wildman–Crippen MR) is 62.6 cm³/mol. The number of carbonyl (C=O) groups excluding carboxylic acids is 1. The van der Waals surface area contributed by atoms with Gasteiger partial charge >= 0.3 is 5.97 Å². The fraction of sp³-hybridized carbons (Fsp3) is 0.909. The lowest BCUT2D eigenvalue weighted by molar-refractivity contribution is -0.152. The fourth-order valence-corrected chi connectivity index (χ4v) is 1.48. The largest absolute Gasteiger partial charge is 0.464 e. The lowest BCUT2D eigenvalue weighted by Gasteiger charge is -2.19. The molecular formula is C11H22O2S. The molecule has 0 atom stereocenters. The molecule has 3 heteroatoms. The third kappa shape index (κ3) is 7.25. The highest BCUT2D eigenvalue weighted by molar-refractivity contribution is 8.00. The van der Waals surface area contributed by atoms with Crippen molar-refractivity contribution in [1.82, 2.24) is 0 Å². The Hall–Kier alpha value is -0.180. The molecular weight excluding hydrogens is 196 g/mol. The van der Waals surface area contributed by atoms with Crippen LogP contribution in [0.4, 0.5) is 0 Å². The van der Waals surface area contributed by atoms with E-state index in [1.807, 2.05) is 32.5 Å². The SMILES string of the molecule is CC(C)(C)SCCOC(=O)C(C)(C)C. The van der Waals surface area contributed by atoms with E-state index in [-0.39, 0.29) is 16.1 Å². The predicted octanol–water partition coefficient (Wildman–Crippen LogP) is 3.11. The van der Waals surface area contributed by atoms with Crippen LogP contribution in [0.5, 0.6) is 0 Å². The first-order valence-electron chi connectivity index (χ1n) is 4.94. The van der Waals surface area contributed by atoms with E-state index in [4.69, 9.17) is 4.74 Å². The molecule has 0 saturated carbocycles. The minimum Gasteiger partial charge on any atom is -0.464 e. The topological polar surface area (TPSA) is 26.3 Å². The van der Waals surface area contributed by atoms with Crippen molar-refractivity contribution in [2.45, 2.75) is 46.3 Å². The first-order valence-corrected chi connectivity index (χ1v) is 5.93. The van der Waals surface area contributed by atoms with E-state index in [0.29, 0.717) is 6.61 Å². The maximum Gasteiger partial charge on any atom is 0.311 e. The molecule has 0 N–H and O–H groups in total. The molecule has 0 amide bonds. The second-order valence-electron chi connectivity index (χ2n) is 5.35. The second kappa shape index (κ2) is 5.06. The van der Waals surface area contributed by atoms with Gasteiger partial charge in [-0.25, -0.2) is 0 Å². The average Bonchev–Trinajstić information content (AvgIpc) is 1.93. The zero-order valence-corrected chi connectivity index (χ0v) is 11.0. The van der Waals surface area contributed by atoms with Crippen LogP contribution in [0.2, 0.25) is 0 Å². The van der Waals surface area contributed by atoms with Crippen LogP contribution < -0.4 is 0 Å². The number of esters is 1. The minimum absolute atomic E-state index is 0.119. The maximum absolute atomic E-state index is 11.4. The molecule has 0 radical (unpaired) electrons. The van der Waals surface area contributed by atoms with Crippen molar-refractivity contribution in [1.29, 1.82) is 0 Å². The van der Waals surface area contributed by atoms with Crippen molar-refractivity contribution < 1.29 is 9.53 Å². The van der Waals surface area contributed by atoms with Crippen LogP contribution in [0.3, 0.4) is 0 Å². The Balaban J connectivity index is 3.62. The molecule has 0 aliphatic carbocycles. The van der Waals surface area contributed by atoms with Crippen molar-refractivity contribution in [2.24, 2.45) is 5.41 Å². The third-order valence-electron chi connectivity index (χ3n) is 1.46. The van der Waals surface area contributed by atoms with Gasteiger partial charge in [0, 0.05) is 10.5 Å². The Bertz CT molecular complexity index is 186. The van der Waals surface area contributed by atoms with E-state index in [9.17, 15) is 4.79 Å². The number of carbonyl (C=O) groups is 1. The van der Waals surface area contributed by atoms with Gasteiger partial charge in [0.2, 0.25) is 0 Å². The third-order valence-corrected chi connectivity index (χ3v) is 2.70. The standard InChI is InChI=1S/C11H22O2S/c1-10(2,3)9(12)13-7-8-14-11(4,5)6/h7-8H2,1-6H3. The van der Waals surface area contributed by atoms with Crippen LogP contribution >= 0.6 is 11.8 Å². The Morgan fingerprint density at radius 2 is 1.64 bits per heavy atom. The molecule has 0 aromatic rings. The van der Waals surface area contributed by atoms with Crippen LogP contribution in [0, 0.1) is 5.41 Å². The number of ether oxygens (including phenoxy) is 1. The van der Waals surface area contributed by atoms with Gasteiger partial charge in [0.05, 0.1) is 5.41 Å². The molecule has 0 spiro atoms. The summed E-state index contributed by atoms with van der Waals surface area (Å²) in [5.41, 5.74) is -0.383. The van der Waals surface area contributed by atoms with E-state index in [1.54, 1.807) is 0 Å². The fourth-order valence-electron chi connectivity index (χ4n) is 0.699.